The lowest BCUT2D eigenvalue weighted by molar-refractivity contribution is 0.461. The molecular formula is C12H18NO3S-. The van der Waals surface area contributed by atoms with Gasteiger partial charge in [0.15, 0.2) is 0 Å². The van der Waals surface area contributed by atoms with Crippen molar-refractivity contribution in [2.45, 2.75) is 20.3 Å². The molecule has 0 aliphatic carbocycles. The van der Waals surface area contributed by atoms with E-state index in [4.69, 9.17) is 0 Å². The average molecular weight is 256 g/mol. The van der Waals surface area contributed by atoms with E-state index in [0.29, 0.717) is 13.0 Å². The molecule has 1 rings (SSSR count). The van der Waals surface area contributed by atoms with Crippen molar-refractivity contribution in [2.75, 3.05) is 23.7 Å². The van der Waals surface area contributed by atoms with Crippen molar-refractivity contribution in [2.24, 2.45) is 0 Å². The van der Waals surface area contributed by atoms with E-state index in [1.807, 2.05) is 32.0 Å². The van der Waals surface area contributed by atoms with Crippen molar-refractivity contribution in [3.8, 4) is 0 Å². The predicted molar refractivity (Wildman–Crippen MR) is 68.2 cm³/mol. The Kier molecular flexibility index (Phi) is 4.96. The molecule has 0 heterocycles. The molecule has 0 bridgehead atoms. The molecule has 5 heteroatoms. The van der Waals surface area contributed by atoms with Crippen LogP contribution in [-0.2, 0) is 10.1 Å². The van der Waals surface area contributed by atoms with E-state index in [2.05, 4.69) is 11.0 Å². The molecule has 0 aliphatic heterocycles. The van der Waals surface area contributed by atoms with Crippen LogP contribution in [0.3, 0.4) is 0 Å². The van der Waals surface area contributed by atoms with Crippen LogP contribution < -0.4 is 4.90 Å². The van der Waals surface area contributed by atoms with Gasteiger partial charge < -0.3 is 9.45 Å². The Hall–Kier alpha value is -1.07. The number of anilines is 1. The predicted octanol–water partition coefficient (Wildman–Crippen LogP) is 1.76. The van der Waals surface area contributed by atoms with Crippen molar-refractivity contribution >= 4 is 15.8 Å². The normalized spacial score (nSPS) is 11.5. The van der Waals surface area contributed by atoms with E-state index < -0.39 is 10.1 Å². The zero-order chi connectivity index (χ0) is 12.9. The van der Waals surface area contributed by atoms with Crippen LogP contribution in [0, 0.1) is 6.92 Å². The van der Waals surface area contributed by atoms with Gasteiger partial charge in [-0.1, -0.05) is 12.1 Å². The molecule has 0 spiro atoms. The van der Waals surface area contributed by atoms with Crippen LogP contribution in [-0.4, -0.2) is 31.8 Å². The Bertz CT molecular complexity index is 457. The fourth-order valence-corrected chi connectivity index (χ4v) is 2.21. The minimum absolute atomic E-state index is 0.296. The van der Waals surface area contributed by atoms with Crippen LogP contribution in [0.25, 0.3) is 0 Å². The highest BCUT2D eigenvalue weighted by atomic mass is 32.2. The number of benzene rings is 1. The Morgan fingerprint density at radius 1 is 1.35 bits per heavy atom. The molecule has 4 nitrogen and oxygen atoms in total. The Labute approximate surface area is 103 Å². The molecule has 0 saturated carbocycles. The van der Waals surface area contributed by atoms with Gasteiger partial charge in [0.25, 0.3) is 0 Å². The number of hydrogen-bond acceptors (Lipinski definition) is 4. The summed E-state index contributed by atoms with van der Waals surface area (Å²) in [6.07, 6.45) is 0.369. The van der Waals surface area contributed by atoms with E-state index in [9.17, 15) is 13.0 Å². The molecular weight excluding hydrogens is 238 g/mol. The average Bonchev–Trinajstić information content (AvgIpc) is 2.23. The fourth-order valence-electron chi connectivity index (χ4n) is 1.73. The van der Waals surface area contributed by atoms with Crippen LogP contribution in [0.5, 0.6) is 0 Å². The monoisotopic (exact) mass is 256 g/mol. The fraction of sp³-hybridized carbons (Fsp3) is 0.500. The van der Waals surface area contributed by atoms with Crippen molar-refractivity contribution in [3.63, 3.8) is 0 Å². The summed E-state index contributed by atoms with van der Waals surface area (Å²) in [5.41, 5.74) is 2.23. The first-order chi connectivity index (χ1) is 7.92. The molecule has 0 saturated heterocycles. The number of nitrogens with zero attached hydrogens (tertiary/aromatic N) is 1. The Morgan fingerprint density at radius 3 is 2.59 bits per heavy atom. The molecule has 1 aromatic rings. The number of hydrogen-bond donors (Lipinski definition) is 0. The molecule has 0 N–H and O–H groups in total. The van der Waals surface area contributed by atoms with Crippen LogP contribution >= 0.6 is 0 Å². The summed E-state index contributed by atoms with van der Waals surface area (Å²) in [5, 5.41) is 0. The Balaban J connectivity index is 2.60. The second-order valence-electron chi connectivity index (χ2n) is 4.03. The molecule has 0 aliphatic rings. The highest BCUT2D eigenvalue weighted by Crippen LogP contribution is 2.15. The summed E-state index contributed by atoms with van der Waals surface area (Å²) in [6, 6.07) is 8.02. The first-order valence-corrected chi connectivity index (χ1v) is 7.25. The quantitative estimate of drug-likeness (QED) is 0.728. The number of aryl methyl sites for hydroxylation is 1. The first kappa shape index (κ1) is 14.0. The van der Waals surface area contributed by atoms with Crippen LogP contribution in [0.15, 0.2) is 24.3 Å². The summed E-state index contributed by atoms with van der Waals surface area (Å²) in [6.45, 7) is 5.40. The maximum Gasteiger partial charge on any atom is 0.0946 e. The smallest absolute Gasteiger partial charge is 0.0946 e. The second kappa shape index (κ2) is 6.02. The first-order valence-electron chi connectivity index (χ1n) is 5.67. The van der Waals surface area contributed by atoms with Crippen molar-refractivity contribution in [3.05, 3.63) is 29.8 Å². The summed E-state index contributed by atoms with van der Waals surface area (Å²) in [7, 11) is -4.10. The minimum Gasteiger partial charge on any atom is -0.748 e. The standard InChI is InChI=1S/C12H19NO3S/c1-3-13(8-5-9-17(14,15)16)12-7-4-6-11(2)10-12/h4,6-7,10H,3,5,8-9H2,1-2H3,(H,14,15,16)/p-1. The van der Waals surface area contributed by atoms with E-state index in [1.165, 1.54) is 0 Å². The summed E-state index contributed by atoms with van der Waals surface area (Å²) in [5.74, 6) is -0.296. The van der Waals surface area contributed by atoms with Gasteiger partial charge in [-0.3, -0.25) is 0 Å². The van der Waals surface area contributed by atoms with Gasteiger partial charge in [-0.25, -0.2) is 8.42 Å². The molecule has 96 valence electrons. The third-order valence-electron chi connectivity index (χ3n) is 2.57. The third kappa shape index (κ3) is 5.19. The SMILES string of the molecule is CCN(CCCS(=O)(=O)[O-])c1cccc(C)c1. The lowest BCUT2D eigenvalue weighted by Crippen LogP contribution is -2.25. The van der Waals surface area contributed by atoms with Gasteiger partial charge in [0.05, 0.1) is 10.1 Å². The van der Waals surface area contributed by atoms with E-state index in [0.717, 1.165) is 17.8 Å². The van der Waals surface area contributed by atoms with Gasteiger partial charge in [-0.05, 0) is 38.0 Å². The van der Waals surface area contributed by atoms with Gasteiger partial charge in [-0.2, -0.15) is 0 Å². The third-order valence-corrected chi connectivity index (χ3v) is 3.36. The van der Waals surface area contributed by atoms with Crippen LogP contribution in [0.4, 0.5) is 5.69 Å². The van der Waals surface area contributed by atoms with Gasteiger partial charge in [0.1, 0.15) is 0 Å². The van der Waals surface area contributed by atoms with Crippen LogP contribution in [0.2, 0.25) is 0 Å². The summed E-state index contributed by atoms with van der Waals surface area (Å²) < 4.78 is 31.6. The van der Waals surface area contributed by atoms with Crippen molar-refractivity contribution < 1.29 is 13.0 Å². The van der Waals surface area contributed by atoms with E-state index in [-0.39, 0.29) is 5.75 Å². The molecule has 1 aromatic carbocycles. The molecule has 0 fully saturated rings. The van der Waals surface area contributed by atoms with Crippen LogP contribution in [0.1, 0.15) is 18.9 Å². The lowest BCUT2D eigenvalue weighted by Gasteiger charge is -2.23. The molecule has 0 unspecified atom stereocenters. The summed E-state index contributed by atoms with van der Waals surface area (Å²) >= 11 is 0. The van der Waals surface area contributed by atoms with E-state index >= 15 is 0 Å². The molecule has 0 radical (unpaired) electrons. The zero-order valence-electron chi connectivity index (χ0n) is 10.2. The lowest BCUT2D eigenvalue weighted by atomic mass is 10.2. The van der Waals surface area contributed by atoms with Gasteiger partial charge in [0, 0.05) is 24.5 Å². The maximum atomic E-state index is 10.5. The van der Waals surface area contributed by atoms with Gasteiger partial charge in [0.2, 0.25) is 0 Å². The number of rotatable bonds is 6. The van der Waals surface area contributed by atoms with Gasteiger partial charge >= 0.3 is 0 Å². The molecule has 0 amide bonds. The topological polar surface area (TPSA) is 60.4 Å². The summed E-state index contributed by atoms with van der Waals surface area (Å²) in [4.78, 5) is 2.07. The molecule has 17 heavy (non-hydrogen) atoms. The van der Waals surface area contributed by atoms with E-state index in [1.54, 1.807) is 0 Å². The maximum absolute atomic E-state index is 10.5. The molecule has 0 aromatic heterocycles. The second-order valence-corrected chi connectivity index (χ2v) is 5.56. The van der Waals surface area contributed by atoms with Crippen molar-refractivity contribution in [1.82, 2.24) is 0 Å². The zero-order valence-corrected chi connectivity index (χ0v) is 11.0. The largest absolute Gasteiger partial charge is 0.748 e. The minimum atomic E-state index is -4.10. The Morgan fingerprint density at radius 2 is 2.06 bits per heavy atom. The van der Waals surface area contributed by atoms with Crippen molar-refractivity contribution in [1.29, 1.82) is 0 Å². The van der Waals surface area contributed by atoms with Gasteiger partial charge in [-0.15, -0.1) is 0 Å². The molecule has 0 atom stereocenters. The highest BCUT2D eigenvalue weighted by molar-refractivity contribution is 7.85. The highest BCUT2D eigenvalue weighted by Gasteiger charge is 2.05.